The molecule has 0 aliphatic rings. The Kier molecular flexibility index (Phi) is 7.18. The van der Waals surface area contributed by atoms with E-state index in [0.717, 1.165) is 5.56 Å². The summed E-state index contributed by atoms with van der Waals surface area (Å²) in [5.41, 5.74) is 0.805. The molecule has 0 bridgehead atoms. The Morgan fingerprint density at radius 3 is 2.19 bits per heavy atom. The van der Waals surface area contributed by atoms with Crippen LogP contribution in [0.15, 0.2) is 74.8 Å². The van der Waals surface area contributed by atoms with Crippen LogP contribution >= 0.6 is 0 Å². The Bertz CT molecular complexity index is 1560. The third kappa shape index (κ3) is 4.73. The molecule has 0 atom stereocenters. The first-order chi connectivity index (χ1) is 17.3. The highest BCUT2D eigenvalue weighted by Gasteiger charge is 2.25. The van der Waals surface area contributed by atoms with E-state index in [-0.39, 0.29) is 45.4 Å². The predicted molar refractivity (Wildman–Crippen MR) is 135 cm³/mol. The van der Waals surface area contributed by atoms with E-state index in [1.807, 2.05) is 30.3 Å². The summed E-state index contributed by atoms with van der Waals surface area (Å²) in [6.45, 7) is 0.0878. The standard InChI is InChI=1S/C26H25NO8S/c1-31-18-13-20(33-3)23-21(14-18)35-25(26(34-4)24(23)28)17-10-11-19(32-2)22(12-17)36(29,30)27-15-16-8-6-5-7-9-16/h5-14,27H,15H2,1-4H3. The molecule has 4 aromatic rings. The van der Waals surface area contributed by atoms with Crippen LogP contribution in [0.5, 0.6) is 23.0 Å². The summed E-state index contributed by atoms with van der Waals surface area (Å²) < 4.78 is 56.4. The average Bonchev–Trinajstić information content (AvgIpc) is 2.91. The molecule has 10 heteroatoms. The molecule has 36 heavy (non-hydrogen) atoms. The highest BCUT2D eigenvalue weighted by Crippen LogP contribution is 2.38. The van der Waals surface area contributed by atoms with Gasteiger partial charge in [0.25, 0.3) is 0 Å². The van der Waals surface area contributed by atoms with Gasteiger partial charge in [0.2, 0.25) is 21.2 Å². The van der Waals surface area contributed by atoms with Crippen molar-refractivity contribution in [2.24, 2.45) is 0 Å². The SMILES string of the molecule is COc1cc(OC)c2c(=O)c(OC)c(-c3ccc(OC)c(S(=O)(=O)NCc4ccccc4)c3)oc2c1. The van der Waals surface area contributed by atoms with E-state index in [0.29, 0.717) is 11.3 Å². The lowest BCUT2D eigenvalue weighted by Gasteiger charge is -2.15. The van der Waals surface area contributed by atoms with Gasteiger partial charge in [0.05, 0.1) is 28.4 Å². The molecule has 0 amide bonds. The number of methoxy groups -OCH3 is 4. The molecule has 0 saturated carbocycles. The fourth-order valence-electron chi connectivity index (χ4n) is 3.78. The number of hydrogen-bond donors (Lipinski definition) is 1. The van der Waals surface area contributed by atoms with Gasteiger partial charge in [-0.15, -0.1) is 0 Å². The predicted octanol–water partition coefficient (Wildman–Crippen LogP) is 3.97. The molecule has 0 fully saturated rings. The quantitative estimate of drug-likeness (QED) is 0.359. The number of nitrogens with one attached hydrogen (secondary N) is 1. The van der Waals surface area contributed by atoms with Gasteiger partial charge < -0.3 is 23.4 Å². The molecule has 0 radical (unpaired) electrons. The van der Waals surface area contributed by atoms with Crippen molar-refractivity contribution in [1.29, 1.82) is 0 Å². The van der Waals surface area contributed by atoms with Crippen molar-refractivity contribution in [3.63, 3.8) is 0 Å². The van der Waals surface area contributed by atoms with Gasteiger partial charge in [-0.2, -0.15) is 0 Å². The van der Waals surface area contributed by atoms with E-state index >= 15 is 0 Å². The van der Waals surface area contributed by atoms with Gasteiger partial charge in [-0.3, -0.25) is 4.79 Å². The van der Waals surface area contributed by atoms with Crippen LogP contribution in [0.3, 0.4) is 0 Å². The average molecular weight is 512 g/mol. The number of ether oxygens (including phenoxy) is 4. The molecule has 4 rings (SSSR count). The molecule has 0 spiro atoms. The molecule has 0 saturated heterocycles. The van der Waals surface area contributed by atoms with Crippen molar-refractivity contribution >= 4 is 21.0 Å². The summed E-state index contributed by atoms with van der Waals surface area (Å²) in [4.78, 5) is 13.2. The second kappa shape index (κ2) is 10.3. The molecule has 0 aliphatic heterocycles. The minimum absolute atomic E-state index is 0.0486. The zero-order chi connectivity index (χ0) is 25.9. The van der Waals surface area contributed by atoms with E-state index in [1.54, 1.807) is 18.2 Å². The molecule has 1 N–H and O–H groups in total. The molecular formula is C26H25NO8S. The first-order valence-corrected chi connectivity index (χ1v) is 12.3. The van der Waals surface area contributed by atoms with Crippen molar-refractivity contribution in [2.45, 2.75) is 11.4 Å². The first kappa shape index (κ1) is 25.1. The summed E-state index contributed by atoms with van der Waals surface area (Å²) in [5, 5.41) is 0.171. The van der Waals surface area contributed by atoms with Crippen molar-refractivity contribution in [3.8, 4) is 34.3 Å². The molecule has 188 valence electrons. The maximum absolute atomic E-state index is 13.3. The fourth-order valence-corrected chi connectivity index (χ4v) is 4.99. The zero-order valence-corrected chi connectivity index (χ0v) is 21.0. The minimum atomic E-state index is -4.00. The summed E-state index contributed by atoms with van der Waals surface area (Å²) in [6.07, 6.45) is 0. The summed E-state index contributed by atoms with van der Waals surface area (Å²) in [7, 11) is 1.61. The van der Waals surface area contributed by atoms with Crippen LogP contribution in [-0.4, -0.2) is 36.9 Å². The van der Waals surface area contributed by atoms with E-state index in [2.05, 4.69) is 4.72 Å². The van der Waals surface area contributed by atoms with Crippen LogP contribution in [0.25, 0.3) is 22.3 Å². The topological polar surface area (TPSA) is 113 Å². The lowest BCUT2D eigenvalue weighted by atomic mass is 10.1. The van der Waals surface area contributed by atoms with E-state index in [1.165, 1.54) is 40.6 Å². The normalized spacial score (nSPS) is 11.3. The maximum atomic E-state index is 13.3. The highest BCUT2D eigenvalue weighted by atomic mass is 32.2. The number of sulfonamides is 1. The molecule has 1 aromatic heterocycles. The molecule has 9 nitrogen and oxygen atoms in total. The maximum Gasteiger partial charge on any atom is 0.244 e. The van der Waals surface area contributed by atoms with Crippen molar-refractivity contribution in [3.05, 3.63) is 76.5 Å². The number of hydrogen-bond acceptors (Lipinski definition) is 8. The van der Waals surface area contributed by atoms with E-state index in [9.17, 15) is 13.2 Å². The van der Waals surface area contributed by atoms with Gasteiger partial charge >= 0.3 is 0 Å². The van der Waals surface area contributed by atoms with Crippen LogP contribution in [-0.2, 0) is 16.6 Å². The Morgan fingerprint density at radius 1 is 0.833 bits per heavy atom. The van der Waals surface area contributed by atoms with E-state index in [4.69, 9.17) is 23.4 Å². The van der Waals surface area contributed by atoms with Gasteiger partial charge in [-0.1, -0.05) is 30.3 Å². The molecular weight excluding hydrogens is 486 g/mol. The molecule has 1 heterocycles. The number of benzene rings is 3. The van der Waals surface area contributed by atoms with Crippen molar-refractivity contribution in [2.75, 3.05) is 28.4 Å². The van der Waals surface area contributed by atoms with Crippen LogP contribution in [0.4, 0.5) is 0 Å². The third-order valence-electron chi connectivity index (χ3n) is 5.58. The van der Waals surface area contributed by atoms with Crippen LogP contribution in [0, 0.1) is 0 Å². The van der Waals surface area contributed by atoms with Gasteiger partial charge in [0, 0.05) is 24.2 Å². The largest absolute Gasteiger partial charge is 0.496 e. The Balaban J connectivity index is 1.87. The third-order valence-corrected chi connectivity index (χ3v) is 7.00. The first-order valence-electron chi connectivity index (χ1n) is 10.8. The smallest absolute Gasteiger partial charge is 0.244 e. The lowest BCUT2D eigenvalue weighted by Crippen LogP contribution is -2.23. The number of rotatable bonds is 9. The van der Waals surface area contributed by atoms with Gasteiger partial charge in [0.1, 0.15) is 33.1 Å². The fraction of sp³-hybridized carbons (Fsp3) is 0.192. The van der Waals surface area contributed by atoms with E-state index < -0.39 is 15.5 Å². The van der Waals surface area contributed by atoms with Crippen molar-refractivity contribution in [1.82, 2.24) is 4.72 Å². The Hall–Kier alpha value is -4.02. The Labute approximate surface area is 208 Å². The molecule has 3 aromatic carbocycles. The molecule has 0 unspecified atom stereocenters. The van der Waals surface area contributed by atoms with Crippen LogP contribution in [0.1, 0.15) is 5.56 Å². The highest BCUT2D eigenvalue weighted by molar-refractivity contribution is 7.89. The summed E-state index contributed by atoms with van der Waals surface area (Å²) >= 11 is 0. The number of fused-ring (bicyclic) bond motifs is 1. The van der Waals surface area contributed by atoms with Crippen molar-refractivity contribution < 1.29 is 31.8 Å². The summed E-state index contributed by atoms with van der Waals surface area (Å²) in [6, 6.07) is 16.7. The zero-order valence-electron chi connectivity index (χ0n) is 20.2. The van der Waals surface area contributed by atoms with Crippen LogP contribution in [0.2, 0.25) is 0 Å². The Morgan fingerprint density at radius 2 is 1.56 bits per heavy atom. The van der Waals surface area contributed by atoms with Gasteiger partial charge in [-0.05, 0) is 23.8 Å². The second-order valence-electron chi connectivity index (χ2n) is 7.67. The van der Waals surface area contributed by atoms with Gasteiger partial charge in [-0.25, -0.2) is 13.1 Å². The van der Waals surface area contributed by atoms with Crippen LogP contribution < -0.4 is 29.1 Å². The molecule has 0 aliphatic carbocycles. The van der Waals surface area contributed by atoms with Gasteiger partial charge in [0.15, 0.2) is 5.76 Å². The monoisotopic (exact) mass is 511 g/mol. The second-order valence-corrected chi connectivity index (χ2v) is 9.41. The minimum Gasteiger partial charge on any atom is -0.496 e. The lowest BCUT2D eigenvalue weighted by molar-refractivity contribution is 0.388. The summed E-state index contributed by atoms with van der Waals surface area (Å²) in [5.74, 6) is 0.752.